The molecule has 4 rings (SSSR count). The standard InChI is InChI=1S/C23H21FN3Si/c1-16-25-14-18-15-26-23(19-8-4-5-9-21(19)24)20-13-17(7-6-12-28(2)3)10-11-22(20)27(16)18/h4-5,8-11,13-14H,12,15H2,1-3H3. The van der Waals surface area contributed by atoms with Crippen molar-refractivity contribution in [3.63, 3.8) is 0 Å². The van der Waals surface area contributed by atoms with Crippen molar-refractivity contribution in [3.8, 4) is 17.5 Å². The van der Waals surface area contributed by atoms with Crippen LogP contribution >= 0.6 is 0 Å². The van der Waals surface area contributed by atoms with Crippen molar-refractivity contribution in [3.05, 3.63) is 82.7 Å². The normalized spacial score (nSPS) is 12.5. The summed E-state index contributed by atoms with van der Waals surface area (Å²) >= 11 is 0. The minimum absolute atomic E-state index is 0.269. The molecule has 3 aromatic rings. The van der Waals surface area contributed by atoms with E-state index in [4.69, 9.17) is 4.99 Å². The van der Waals surface area contributed by atoms with Gasteiger partial charge in [0.25, 0.3) is 0 Å². The molecular weight excluding hydrogens is 365 g/mol. The molecule has 2 aromatic carbocycles. The quantitative estimate of drug-likeness (QED) is 0.461. The predicted molar refractivity (Wildman–Crippen MR) is 113 cm³/mol. The second-order valence-electron chi connectivity index (χ2n) is 7.19. The van der Waals surface area contributed by atoms with Crippen LogP contribution in [0, 0.1) is 24.6 Å². The Morgan fingerprint density at radius 1 is 1.14 bits per heavy atom. The Morgan fingerprint density at radius 3 is 2.75 bits per heavy atom. The molecule has 1 radical (unpaired) electrons. The van der Waals surface area contributed by atoms with Gasteiger partial charge < -0.3 is 0 Å². The highest BCUT2D eigenvalue weighted by atomic mass is 28.3. The number of rotatable bonds is 2. The zero-order valence-corrected chi connectivity index (χ0v) is 17.3. The van der Waals surface area contributed by atoms with Crippen molar-refractivity contribution in [1.82, 2.24) is 9.55 Å². The van der Waals surface area contributed by atoms with Gasteiger partial charge in [-0.1, -0.05) is 31.1 Å². The topological polar surface area (TPSA) is 30.2 Å². The lowest BCUT2D eigenvalue weighted by Crippen LogP contribution is -2.10. The Bertz CT molecular complexity index is 1130. The van der Waals surface area contributed by atoms with E-state index in [-0.39, 0.29) is 14.6 Å². The molecule has 0 saturated heterocycles. The zero-order valence-electron chi connectivity index (χ0n) is 16.3. The van der Waals surface area contributed by atoms with Gasteiger partial charge in [-0.15, -0.1) is 5.92 Å². The van der Waals surface area contributed by atoms with Crippen LogP contribution in [0.1, 0.15) is 28.2 Å². The molecule has 1 aromatic heterocycles. The third-order valence-corrected chi connectivity index (χ3v) is 5.59. The lowest BCUT2D eigenvalue weighted by atomic mass is 9.98. The van der Waals surface area contributed by atoms with Crippen molar-refractivity contribution >= 4 is 14.5 Å². The van der Waals surface area contributed by atoms with Gasteiger partial charge in [0.15, 0.2) is 0 Å². The lowest BCUT2D eigenvalue weighted by molar-refractivity contribution is 0.625. The smallest absolute Gasteiger partial charge is 0.132 e. The Labute approximate surface area is 166 Å². The van der Waals surface area contributed by atoms with Crippen LogP contribution < -0.4 is 0 Å². The van der Waals surface area contributed by atoms with E-state index in [1.54, 1.807) is 12.1 Å². The van der Waals surface area contributed by atoms with E-state index in [2.05, 4.69) is 34.5 Å². The fourth-order valence-electron chi connectivity index (χ4n) is 3.38. The molecular formula is C23H21FN3Si. The maximum absolute atomic E-state index is 14.6. The summed E-state index contributed by atoms with van der Waals surface area (Å²) in [5.74, 6) is 7.17. The first-order valence-corrected chi connectivity index (χ1v) is 12.0. The molecule has 0 atom stereocenters. The van der Waals surface area contributed by atoms with E-state index in [9.17, 15) is 4.39 Å². The summed E-state index contributed by atoms with van der Waals surface area (Å²) in [5.41, 5.74) is 4.94. The summed E-state index contributed by atoms with van der Waals surface area (Å²) < 4.78 is 16.7. The number of imidazole rings is 1. The van der Waals surface area contributed by atoms with Gasteiger partial charge >= 0.3 is 0 Å². The summed E-state index contributed by atoms with van der Waals surface area (Å²) in [7, 11) is -0.383. The molecule has 28 heavy (non-hydrogen) atoms. The zero-order chi connectivity index (χ0) is 19.7. The highest BCUT2D eigenvalue weighted by Crippen LogP contribution is 2.28. The SMILES string of the molecule is Cc1ncc2n1-c1ccc(C#CC[Si](C)C)cc1C(c1ccccc1F)=NC2. The van der Waals surface area contributed by atoms with Crippen molar-refractivity contribution in [2.24, 2.45) is 4.99 Å². The molecule has 0 spiro atoms. The Balaban J connectivity index is 1.91. The molecule has 0 bridgehead atoms. The van der Waals surface area contributed by atoms with Crippen LogP contribution in [-0.4, -0.2) is 24.1 Å². The maximum atomic E-state index is 14.6. The number of benzene rings is 2. The Kier molecular flexibility index (Phi) is 4.97. The first-order chi connectivity index (χ1) is 13.5. The maximum Gasteiger partial charge on any atom is 0.132 e. The molecule has 5 heteroatoms. The van der Waals surface area contributed by atoms with Crippen molar-refractivity contribution in [1.29, 1.82) is 0 Å². The van der Waals surface area contributed by atoms with Crippen LogP contribution in [0.4, 0.5) is 4.39 Å². The van der Waals surface area contributed by atoms with Crippen molar-refractivity contribution in [2.75, 3.05) is 0 Å². The van der Waals surface area contributed by atoms with Gasteiger partial charge in [0.1, 0.15) is 11.6 Å². The van der Waals surface area contributed by atoms with E-state index in [0.717, 1.165) is 34.4 Å². The molecule has 1 aliphatic heterocycles. The third kappa shape index (κ3) is 3.44. The predicted octanol–water partition coefficient (Wildman–Crippen LogP) is 4.78. The molecule has 1 aliphatic rings. The van der Waals surface area contributed by atoms with Crippen LogP contribution in [0.2, 0.25) is 19.1 Å². The van der Waals surface area contributed by atoms with Gasteiger partial charge in [0, 0.05) is 22.7 Å². The second kappa shape index (κ2) is 7.57. The average Bonchev–Trinajstić information content (AvgIpc) is 2.95. The Hall–Kier alpha value is -2.97. The number of hydrogen-bond donors (Lipinski definition) is 0. The third-order valence-electron chi connectivity index (χ3n) is 4.71. The van der Waals surface area contributed by atoms with Gasteiger partial charge in [0.2, 0.25) is 0 Å². The first-order valence-electron chi connectivity index (χ1n) is 9.30. The van der Waals surface area contributed by atoms with Gasteiger partial charge in [0.05, 0.1) is 38.6 Å². The van der Waals surface area contributed by atoms with Crippen molar-refractivity contribution in [2.45, 2.75) is 32.6 Å². The van der Waals surface area contributed by atoms with E-state index >= 15 is 0 Å². The number of aryl methyl sites for hydroxylation is 1. The molecule has 0 fully saturated rings. The number of halogens is 1. The van der Waals surface area contributed by atoms with Crippen LogP contribution in [0.15, 0.2) is 53.7 Å². The molecule has 0 unspecified atom stereocenters. The molecule has 2 heterocycles. The van der Waals surface area contributed by atoms with E-state index < -0.39 is 0 Å². The minimum atomic E-state index is -0.383. The molecule has 3 nitrogen and oxygen atoms in total. The van der Waals surface area contributed by atoms with Crippen molar-refractivity contribution < 1.29 is 4.39 Å². The molecule has 0 saturated carbocycles. The largest absolute Gasteiger partial charge is 0.298 e. The molecule has 139 valence electrons. The van der Waals surface area contributed by atoms with E-state index in [1.807, 2.05) is 37.4 Å². The highest BCUT2D eigenvalue weighted by Gasteiger charge is 2.22. The molecule has 0 amide bonds. The van der Waals surface area contributed by atoms with Crippen LogP contribution in [-0.2, 0) is 6.54 Å². The van der Waals surface area contributed by atoms with Crippen LogP contribution in [0.5, 0.6) is 0 Å². The van der Waals surface area contributed by atoms with Crippen LogP contribution in [0.3, 0.4) is 0 Å². The van der Waals surface area contributed by atoms with Gasteiger partial charge in [-0.25, -0.2) is 9.37 Å². The van der Waals surface area contributed by atoms with E-state index in [0.29, 0.717) is 17.8 Å². The number of aromatic nitrogens is 2. The highest BCUT2D eigenvalue weighted by molar-refractivity contribution is 6.56. The molecule has 0 N–H and O–H groups in total. The number of nitrogens with zero attached hydrogens (tertiary/aromatic N) is 3. The van der Waals surface area contributed by atoms with Gasteiger partial charge in [-0.2, -0.15) is 0 Å². The number of aliphatic imine (C=N–C) groups is 1. The Morgan fingerprint density at radius 2 is 1.96 bits per heavy atom. The van der Waals surface area contributed by atoms with E-state index in [1.165, 1.54) is 6.07 Å². The first kappa shape index (κ1) is 18.4. The second-order valence-corrected chi connectivity index (χ2v) is 9.96. The summed E-state index contributed by atoms with van der Waals surface area (Å²) in [6.07, 6.45) is 1.84. The lowest BCUT2D eigenvalue weighted by Gasteiger charge is -2.14. The monoisotopic (exact) mass is 386 g/mol. The fourth-order valence-corrected chi connectivity index (χ4v) is 3.82. The number of fused-ring (bicyclic) bond motifs is 3. The van der Waals surface area contributed by atoms with Gasteiger partial charge in [-0.05, 0) is 37.3 Å². The summed E-state index contributed by atoms with van der Waals surface area (Å²) in [6.45, 7) is 6.93. The fraction of sp³-hybridized carbons (Fsp3) is 0.217. The summed E-state index contributed by atoms with van der Waals surface area (Å²) in [5, 5.41) is 0. The summed E-state index contributed by atoms with van der Waals surface area (Å²) in [4.78, 5) is 9.21. The number of hydrogen-bond acceptors (Lipinski definition) is 2. The minimum Gasteiger partial charge on any atom is -0.298 e. The van der Waals surface area contributed by atoms with Crippen LogP contribution in [0.25, 0.3) is 5.69 Å². The van der Waals surface area contributed by atoms with Gasteiger partial charge in [-0.3, -0.25) is 9.56 Å². The summed E-state index contributed by atoms with van der Waals surface area (Å²) in [6, 6.07) is 13.8. The average molecular weight is 387 g/mol. The molecule has 0 aliphatic carbocycles.